The molecule has 9 aromatic rings. The van der Waals surface area contributed by atoms with Crippen molar-refractivity contribution in [1.29, 1.82) is 0 Å². The Morgan fingerprint density at radius 1 is 0.269 bits per heavy atom. The minimum absolute atomic E-state index is 0.619. The van der Waals surface area contributed by atoms with E-state index in [0.29, 0.717) is 23.3 Å². The number of rotatable bonds is 7. The summed E-state index contributed by atoms with van der Waals surface area (Å²) in [5.41, 5.74) is 9.67. The summed E-state index contributed by atoms with van der Waals surface area (Å²) in [5.74, 6) is 2.57. The fraction of sp³-hybridized carbons (Fsp3) is 0. The highest BCUT2D eigenvalue weighted by Crippen LogP contribution is 2.39. The van der Waals surface area contributed by atoms with Gasteiger partial charge >= 0.3 is 0 Å². The first kappa shape index (κ1) is 30.9. The minimum atomic E-state index is 0.619. The average molecular weight is 666 g/mol. The van der Waals surface area contributed by atoms with E-state index in [4.69, 9.17) is 24.9 Å². The first-order chi connectivity index (χ1) is 25.8. The summed E-state index contributed by atoms with van der Waals surface area (Å²) in [6.07, 6.45) is 0. The highest BCUT2D eigenvalue weighted by atomic mass is 15.0. The Morgan fingerprint density at radius 3 is 1.21 bits per heavy atom. The van der Waals surface area contributed by atoms with Crippen LogP contribution in [-0.2, 0) is 0 Å². The topological polar surface area (TPSA) is 64.5 Å². The van der Waals surface area contributed by atoms with E-state index >= 15 is 0 Å². The lowest BCUT2D eigenvalue weighted by Gasteiger charge is -2.15. The van der Waals surface area contributed by atoms with Crippen LogP contribution in [0, 0.1) is 0 Å². The van der Waals surface area contributed by atoms with Gasteiger partial charge in [0.05, 0.1) is 11.4 Å². The molecule has 0 aliphatic carbocycles. The Labute approximate surface area is 302 Å². The predicted molar refractivity (Wildman–Crippen MR) is 211 cm³/mol. The molecule has 0 amide bonds. The predicted octanol–water partition coefficient (Wildman–Crippen LogP) is 11.5. The quantitative estimate of drug-likeness (QED) is 0.169. The van der Waals surface area contributed by atoms with Crippen molar-refractivity contribution < 1.29 is 0 Å². The number of hydrogen-bond acceptors (Lipinski definition) is 5. The molecule has 0 spiro atoms. The molecule has 0 N–H and O–H groups in total. The van der Waals surface area contributed by atoms with Crippen LogP contribution >= 0.6 is 0 Å². The van der Waals surface area contributed by atoms with Gasteiger partial charge in [0.2, 0.25) is 0 Å². The van der Waals surface area contributed by atoms with Gasteiger partial charge in [-0.15, -0.1) is 0 Å². The van der Waals surface area contributed by atoms with Crippen LogP contribution in [0.4, 0.5) is 0 Å². The smallest absolute Gasteiger partial charge is 0.164 e. The van der Waals surface area contributed by atoms with Crippen molar-refractivity contribution >= 4 is 10.8 Å². The Morgan fingerprint density at radius 2 is 0.673 bits per heavy atom. The van der Waals surface area contributed by atoms with Crippen LogP contribution < -0.4 is 0 Å². The van der Waals surface area contributed by atoms with Gasteiger partial charge in [0.25, 0.3) is 0 Å². The highest BCUT2D eigenvalue weighted by molar-refractivity contribution is 6.03. The third-order valence-electron chi connectivity index (χ3n) is 9.17. The lowest BCUT2D eigenvalue weighted by Crippen LogP contribution is -2.01. The van der Waals surface area contributed by atoms with E-state index in [1.807, 2.05) is 109 Å². The molecule has 0 radical (unpaired) electrons. The number of hydrogen-bond donors (Lipinski definition) is 0. The molecule has 0 atom stereocenters. The van der Waals surface area contributed by atoms with E-state index < -0.39 is 0 Å². The van der Waals surface area contributed by atoms with Crippen LogP contribution in [0.2, 0.25) is 0 Å². The van der Waals surface area contributed by atoms with Gasteiger partial charge in [-0.05, 0) is 28.5 Å². The fourth-order valence-electron chi connectivity index (χ4n) is 6.57. The molecule has 5 heteroatoms. The summed E-state index contributed by atoms with van der Waals surface area (Å²) < 4.78 is 0. The molecule has 0 fully saturated rings. The van der Waals surface area contributed by atoms with E-state index in [9.17, 15) is 0 Å². The zero-order chi connectivity index (χ0) is 34.7. The van der Waals surface area contributed by atoms with E-state index in [0.717, 1.165) is 66.7 Å². The van der Waals surface area contributed by atoms with Crippen molar-refractivity contribution in [2.75, 3.05) is 0 Å². The molecule has 0 aliphatic rings. The molecular weight excluding hydrogens is 635 g/mol. The molecule has 52 heavy (non-hydrogen) atoms. The molecule has 0 bridgehead atoms. The summed E-state index contributed by atoms with van der Waals surface area (Å²) in [7, 11) is 0. The van der Waals surface area contributed by atoms with Crippen LogP contribution in [0.1, 0.15) is 0 Å². The Hall–Kier alpha value is -7.11. The largest absolute Gasteiger partial charge is 0.228 e. The summed E-state index contributed by atoms with van der Waals surface area (Å²) in [5, 5.41) is 2.26. The van der Waals surface area contributed by atoms with Gasteiger partial charge in [-0.3, -0.25) is 0 Å². The van der Waals surface area contributed by atoms with Crippen LogP contribution in [0.15, 0.2) is 188 Å². The summed E-state index contributed by atoms with van der Waals surface area (Å²) in [4.78, 5) is 25.2. The van der Waals surface area contributed by atoms with Crippen molar-refractivity contribution in [1.82, 2.24) is 24.9 Å². The molecular formula is C47H31N5. The van der Waals surface area contributed by atoms with E-state index in [-0.39, 0.29) is 0 Å². The third kappa shape index (κ3) is 6.12. The Bertz CT molecular complexity index is 2530. The number of nitrogens with zero attached hydrogens (tertiary/aromatic N) is 5. The zero-order valence-electron chi connectivity index (χ0n) is 28.1. The zero-order valence-corrected chi connectivity index (χ0v) is 28.1. The SMILES string of the molecule is c1ccc(-c2cc(-c3ccc(-c4c(-c5nc(-c6ccccc6)nc(-c6ccccc6)n5)ccc5ccccc45)cc3)nc(-c3ccccc3)n2)cc1. The lowest BCUT2D eigenvalue weighted by atomic mass is 9.92. The highest BCUT2D eigenvalue weighted by Gasteiger charge is 2.18. The average Bonchev–Trinajstić information content (AvgIpc) is 3.24. The number of fused-ring (bicyclic) bond motifs is 1. The van der Waals surface area contributed by atoms with E-state index in [1.54, 1.807) is 0 Å². The number of benzene rings is 7. The maximum atomic E-state index is 5.10. The van der Waals surface area contributed by atoms with Crippen molar-refractivity contribution in [3.05, 3.63) is 188 Å². The Kier molecular flexibility index (Phi) is 8.12. The molecule has 2 aromatic heterocycles. The first-order valence-electron chi connectivity index (χ1n) is 17.3. The van der Waals surface area contributed by atoms with E-state index in [2.05, 4.69) is 78.9 Å². The van der Waals surface area contributed by atoms with Crippen LogP contribution in [-0.4, -0.2) is 24.9 Å². The van der Waals surface area contributed by atoms with Crippen molar-refractivity contribution in [3.63, 3.8) is 0 Å². The van der Waals surface area contributed by atoms with Gasteiger partial charge in [-0.1, -0.05) is 176 Å². The molecule has 244 valence electrons. The third-order valence-corrected chi connectivity index (χ3v) is 9.17. The molecule has 0 saturated carbocycles. The van der Waals surface area contributed by atoms with Gasteiger partial charge in [-0.25, -0.2) is 24.9 Å². The second-order valence-corrected chi connectivity index (χ2v) is 12.5. The lowest BCUT2D eigenvalue weighted by molar-refractivity contribution is 1.07. The molecule has 0 unspecified atom stereocenters. The van der Waals surface area contributed by atoms with Gasteiger partial charge in [-0.2, -0.15) is 0 Å². The van der Waals surface area contributed by atoms with Crippen molar-refractivity contribution in [2.45, 2.75) is 0 Å². The standard InChI is InChI=1S/C47H31N5/c1-5-16-33(17-6-1)41-31-42(49-44(48-41)36-18-7-2-8-19-36)34-25-27-35(28-26-34)43-39-24-14-13-15-32(39)29-30-40(43)47-51-45(37-20-9-3-10-21-37)50-46(52-47)38-22-11-4-12-23-38/h1-31H. The van der Waals surface area contributed by atoms with Gasteiger partial charge < -0.3 is 0 Å². The van der Waals surface area contributed by atoms with Crippen molar-refractivity contribution in [3.8, 4) is 79.2 Å². The maximum absolute atomic E-state index is 5.10. The molecule has 0 aliphatic heterocycles. The summed E-state index contributed by atoms with van der Waals surface area (Å²) in [6.45, 7) is 0. The first-order valence-corrected chi connectivity index (χ1v) is 17.3. The second-order valence-electron chi connectivity index (χ2n) is 12.5. The summed E-state index contributed by atoms with van der Waals surface area (Å²) >= 11 is 0. The molecule has 9 rings (SSSR count). The molecule has 2 heterocycles. The second kappa shape index (κ2) is 13.7. The van der Waals surface area contributed by atoms with Crippen LogP contribution in [0.5, 0.6) is 0 Å². The monoisotopic (exact) mass is 665 g/mol. The Balaban J connectivity index is 1.20. The fourth-order valence-corrected chi connectivity index (χ4v) is 6.57. The number of aromatic nitrogens is 5. The van der Waals surface area contributed by atoms with Gasteiger partial charge in [0.15, 0.2) is 23.3 Å². The summed E-state index contributed by atoms with van der Waals surface area (Å²) in [6, 6.07) is 64.0. The van der Waals surface area contributed by atoms with Gasteiger partial charge in [0, 0.05) is 38.9 Å². The maximum Gasteiger partial charge on any atom is 0.164 e. The van der Waals surface area contributed by atoms with Crippen LogP contribution in [0.25, 0.3) is 90.0 Å². The molecule has 0 saturated heterocycles. The van der Waals surface area contributed by atoms with Crippen LogP contribution in [0.3, 0.4) is 0 Å². The minimum Gasteiger partial charge on any atom is -0.228 e. The molecule has 5 nitrogen and oxygen atoms in total. The van der Waals surface area contributed by atoms with E-state index in [1.165, 1.54) is 0 Å². The normalized spacial score (nSPS) is 11.1. The van der Waals surface area contributed by atoms with Crippen molar-refractivity contribution in [2.24, 2.45) is 0 Å². The molecule has 7 aromatic carbocycles. The van der Waals surface area contributed by atoms with Gasteiger partial charge in [0.1, 0.15) is 0 Å².